The van der Waals surface area contributed by atoms with E-state index in [1.807, 2.05) is 78.4 Å². The van der Waals surface area contributed by atoms with Crippen LogP contribution in [0.15, 0.2) is 76.4 Å². The number of hydrogen-bond donors (Lipinski definition) is 2. The maximum absolute atomic E-state index is 11.9. The fraction of sp³-hybridized carbons (Fsp3) is 0.0526. The fourth-order valence-corrected chi connectivity index (χ4v) is 2.62. The summed E-state index contributed by atoms with van der Waals surface area (Å²) in [4.78, 5) is 11.9. The molecule has 2 aromatic carbocycles. The number of rotatable bonds is 4. The first kappa shape index (κ1) is 17.0. The van der Waals surface area contributed by atoms with E-state index >= 15 is 0 Å². The van der Waals surface area contributed by atoms with Gasteiger partial charge in [0.1, 0.15) is 0 Å². The summed E-state index contributed by atoms with van der Waals surface area (Å²) in [6.45, 7) is 1.93. The fourth-order valence-electron chi connectivity index (χ4n) is 2.36. The Kier molecular flexibility index (Phi) is 5.30. The predicted octanol–water partition coefficient (Wildman–Crippen LogP) is 4.70. The van der Waals surface area contributed by atoms with Crippen LogP contribution in [0, 0.1) is 6.92 Å². The molecule has 0 saturated heterocycles. The first-order valence-corrected chi connectivity index (χ1v) is 8.52. The van der Waals surface area contributed by atoms with Gasteiger partial charge in [0, 0.05) is 22.0 Å². The summed E-state index contributed by atoms with van der Waals surface area (Å²) in [6, 6.07) is 19.0. The lowest BCUT2D eigenvalue weighted by Crippen LogP contribution is -2.24. The molecule has 0 saturated carbocycles. The molecule has 2 N–H and O–H groups in total. The number of anilines is 1. The number of nitrogens with one attached hydrogen (secondary N) is 2. The van der Waals surface area contributed by atoms with Gasteiger partial charge in [0.15, 0.2) is 0 Å². The summed E-state index contributed by atoms with van der Waals surface area (Å²) in [7, 11) is 0. The van der Waals surface area contributed by atoms with Crippen molar-refractivity contribution >= 4 is 33.9 Å². The summed E-state index contributed by atoms with van der Waals surface area (Å²) < 4.78 is 3.00. The predicted molar refractivity (Wildman–Crippen MR) is 104 cm³/mol. The third kappa shape index (κ3) is 4.36. The minimum Gasteiger partial charge on any atom is -0.316 e. The Balaban J connectivity index is 1.65. The molecular weight excluding hydrogens is 380 g/mol. The lowest BCUT2D eigenvalue weighted by molar-refractivity contribution is 0.252. The van der Waals surface area contributed by atoms with Crippen LogP contribution in [0.1, 0.15) is 11.3 Å². The maximum Gasteiger partial charge on any atom is 0.339 e. The highest BCUT2D eigenvalue weighted by Crippen LogP contribution is 2.16. The van der Waals surface area contributed by atoms with E-state index in [1.54, 1.807) is 6.21 Å². The highest BCUT2D eigenvalue weighted by molar-refractivity contribution is 9.10. The lowest BCUT2D eigenvalue weighted by Gasteiger charge is -2.07. The number of hydrogen-bond acceptors (Lipinski definition) is 2. The molecule has 0 unspecified atom stereocenters. The van der Waals surface area contributed by atoms with Crippen LogP contribution in [0.4, 0.5) is 10.5 Å². The minimum absolute atomic E-state index is 0.382. The summed E-state index contributed by atoms with van der Waals surface area (Å²) in [5, 5.41) is 6.79. The second-order valence-electron chi connectivity index (χ2n) is 5.42. The molecule has 0 atom stereocenters. The van der Waals surface area contributed by atoms with Gasteiger partial charge in [0.2, 0.25) is 0 Å². The molecule has 1 heterocycles. The van der Waals surface area contributed by atoms with Crippen LogP contribution >= 0.6 is 15.9 Å². The monoisotopic (exact) mass is 396 g/mol. The van der Waals surface area contributed by atoms with Gasteiger partial charge in [-0.3, -0.25) is 0 Å². The molecule has 3 aromatic rings. The molecule has 1 aromatic heterocycles. The van der Waals surface area contributed by atoms with E-state index in [0.29, 0.717) is 0 Å². The Hall–Kier alpha value is -2.86. The molecule has 3 rings (SSSR count). The summed E-state index contributed by atoms with van der Waals surface area (Å²) in [6.07, 6.45) is 3.55. The van der Waals surface area contributed by atoms with Gasteiger partial charge in [0.25, 0.3) is 0 Å². The minimum atomic E-state index is -0.382. The van der Waals surface area contributed by atoms with Crippen LogP contribution in [0.2, 0.25) is 0 Å². The van der Waals surface area contributed by atoms with Gasteiger partial charge in [0.05, 0.1) is 11.9 Å². The van der Waals surface area contributed by atoms with Crippen LogP contribution in [0.25, 0.3) is 5.69 Å². The van der Waals surface area contributed by atoms with Crippen LogP contribution < -0.4 is 10.7 Å². The number of aromatic nitrogens is 1. The molecule has 0 radical (unpaired) electrons. The van der Waals surface area contributed by atoms with Crippen molar-refractivity contribution in [2.45, 2.75) is 6.92 Å². The Morgan fingerprint density at radius 1 is 1.08 bits per heavy atom. The molecule has 25 heavy (non-hydrogen) atoms. The quantitative estimate of drug-likeness (QED) is 0.487. The van der Waals surface area contributed by atoms with Crippen molar-refractivity contribution in [3.05, 3.63) is 82.6 Å². The number of urea groups is 1. The average molecular weight is 397 g/mol. The van der Waals surface area contributed by atoms with Gasteiger partial charge < -0.3 is 9.88 Å². The Bertz CT molecular complexity index is 900. The Morgan fingerprint density at radius 3 is 2.60 bits per heavy atom. The first-order chi connectivity index (χ1) is 12.1. The van der Waals surface area contributed by atoms with Gasteiger partial charge in [-0.05, 0) is 55.0 Å². The first-order valence-electron chi connectivity index (χ1n) is 7.72. The second kappa shape index (κ2) is 7.81. The number of benzene rings is 2. The molecule has 5 nitrogen and oxygen atoms in total. The van der Waals surface area contributed by atoms with Gasteiger partial charge in [-0.25, -0.2) is 10.2 Å². The van der Waals surface area contributed by atoms with Gasteiger partial charge in [-0.15, -0.1) is 0 Å². The van der Waals surface area contributed by atoms with E-state index in [2.05, 4.69) is 31.8 Å². The topological polar surface area (TPSA) is 58.4 Å². The normalized spacial score (nSPS) is 10.8. The number of hydrazone groups is 1. The lowest BCUT2D eigenvalue weighted by atomic mass is 10.2. The van der Waals surface area contributed by atoms with Gasteiger partial charge in [-0.2, -0.15) is 5.10 Å². The summed E-state index contributed by atoms with van der Waals surface area (Å²) >= 11 is 3.43. The maximum atomic E-state index is 11.9. The van der Waals surface area contributed by atoms with Crippen molar-refractivity contribution in [1.29, 1.82) is 0 Å². The standard InChI is InChI=1S/C19H17BrN4O/c1-14-5-2-3-7-18(14)22-19(25)23-21-13-17-6-4-12-24(17)16-10-8-15(20)9-11-16/h2-13H,1H3,(H2,22,23,25)/b21-13+. The Morgan fingerprint density at radius 2 is 1.84 bits per heavy atom. The highest BCUT2D eigenvalue weighted by Gasteiger charge is 2.03. The van der Waals surface area contributed by atoms with Gasteiger partial charge in [-0.1, -0.05) is 34.1 Å². The molecule has 126 valence electrons. The highest BCUT2D eigenvalue weighted by atomic mass is 79.9. The van der Waals surface area contributed by atoms with Crippen molar-refractivity contribution in [2.24, 2.45) is 5.10 Å². The average Bonchev–Trinajstić information content (AvgIpc) is 3.06. The van der Waals surface area contributed by atoms with Crippen LogP contribution in [-0.4, -0.2) is 16.8 Å². The van der Waals surface area contributed by atoms with E-state index < -0.39 is 0 Å². The molecule has 0 spiro atoms. The molecule has 0 aliphatic carbocycles. The van der Waals surface area contributed by atoms with Gasteiger partial charge >= 0.3 is 6.03 Å². The number of carbonyl (C=O) groups is 1. The second-order valence-corrected chi connectivity index (χ2v) is 6.33. The number of para-hydroxylation sites is 1. The molecule has 0 fully saturated rings. The van der Waals surface area contributed by atoms with Crippen molar-refractivity contribution < 1.29 is 4.79 Å². The Labute approximate surface area is 154 Å². The van der Waals surface area contributed by atoms with E-state index in [9.17, 15) is 4.79 Å². The molecule has 6 heteroatoms. The molecular formula is C19H17BrN4O. The number of aryl methyl sites for hydroxylation is 1. The summed E-state index contributed by atoms with van der Waals surface area (Å²) in [5.41, 5.74) is 6.10. The van der Waals surface area contributed by atoms with E-state index in [0.717, 1.165) is 27.1 Å². The SMILES string of the molecule is Cc1ccccc1NC(=O)N/N=C/c1cccn1-c1ccc(Br)cc1. The van der Waals surface area contributed by atoms with Crippen LogP contribution in [0.5, 0.6) is 0 Å². The summed E-state index contributed by atoms with van der Waals surface area (Å²) in [5.74, 6) is 0. The molecule has 0 bridgehead atoms. The molecule has 2 amide bonds. The number of amides is 2. The van der Waals surface area contributed by atoms with Crippen LogP contribution in [-0.2, 0) is 0 Å². The van der Waals surface area contributed by atoms with Crippen molar-refractivity contribution in [1.82, 2.24) is 9.99 Å². The number of nitrogens with zero attached hydrogens (tertiary/aromatic N) is 2. The smallest absolute Gasteiger partial charge is 0.316 e. The number of carbonyl (C=O) groups excluding carboxylic acids is 1. The number of halogens is 1. The van der Waals surface area contributed by atoms with E-state index in [-0.39, 0.29) is 6.03 Å². The van der Waals surface area contributed by atoms with Crippen molar-refractivity contribution in [3.8, 4) is 5.69 Å². The molecule has 0 aliphatic rings. The van der Waals surface area contributed by atoms with E-state index in [1.165, 1.54) is 0 Å². The zero-order valence-electron chi connectivity index (χ0n) is 13.6. The zero-order chi connectivity index (χ0) is 17.6. The largest absolute Gasteiger partial charge is 0.339 e. The molecule has 0 aliphatic heterocycles. The van der Waals surface area contributed by atoms with Crippen molar-refractivity contribution in [2.75, 3.05) is 5.32 Å². The zero-order valence-corrected chi connectivity index (χ0v) is 15.2. The van der Waals surface area contributed by atoms with E-state index in [4.69, 9.17) is 0 Å². The third-order valence-corrected chi connectivity index (χ3v) is 4.17. The van der Waals surface area contributed by atoms with Crippen molar-refractivity contribution in [3.63, 3.8) is 0 Å². The van der Waals surface area contributed by atoms with Crippen LogP contribution in [0.3, 0.4) is 0 Å². The third-order valence-electron chi connectivity index (χ3n) is 3.64.